The van der Waals surface area contributed by atoms with Gasteiger partial charge in [0, 0.05) is 4.47 Å². The number of carbonyl (C=O) groups is 1. The number of nitrogens with zero attached hydrogens (tertiary/aromatic N) is 1. The molecule has 3 aromatic carbocycles. The minimum absolute atomic E-state index is 0.0261. The monoisotopic (exact) mass is 504 g/mol. The number of carbonyl (C=O) groups excluding carboxylic acids is 1. The summed E-state index contributed by atoms with van der Waals surface area (Å²) in [5.41, 5.74) is 2.91. The van der Waals surface area contributed by atoms with Crippen LogP contribution in [0.5, 0.6) is 0 Å². The van der Waals surface area contributed by atoms with E-state index in [1.165, 1.54) is 24.3 Å². The predicted molar refractivity (Wildman–Crippen MR) is 124 cm³/mol. The fraction of sp³-hybridized carbons (Fsp3) is 0.174. The molecule has 162 valence electrons. The number of aryl methyl sites for hydroxylation is 2. The van der Waals surface area contributed by atoms with Gasteiger partial charge in [0.2, 0.25) is 5.91 Å². The van der Waals surface area contributed by atoms with Crippen molar-refractivity contribution in [3.05, 3.63) is 87.6 Å². The molecule has 0 heterocycles. The van der Waals surface area contributed by atoms with Crippen LogP contribution in [-0.4, -0.2) is 20.9 Å². The first-order valence-corrected chi connectivity index (χ1v) is 11.7. The number of amides is 1. The summed E-state index contributed by atoms with van der Waals surface area (Å²) in [5, 5.41) is 2.46. The van der Waals surface area contributed by atoms with Crippen molar-refractivity contribution in [2.24, 2.45) is 0 Å². The Morgan fingerprint density at radius 1 is 1.03 bits per heavy atom. The molecule has 3 rings (SSSR count). The van der Waals surface area contributed by atoms with Crippen LogP contribution >= 0.6 is 15.9 Å². The van der Waals surface area contributed by atoms with Crippen molar-refractivity contribution >= 4 is 43.2 Å². The van der Waals surface area contributed by atoms with Gasteiger partial charge in [0.05, 0.1) is 16.3 Å². The van der Waals surface area contributed by atoms with E-state index in [1.54, 1.807) is 37.3 Å². The lowest BCUT2D eigenvalue weighted by atomic mass is 10.1. The fourth-order valence-corrected chi connectivity index (χ4v) is 4.87. The van der Waals surface area contributed by atoms with Crippen molar-refractivity contribution in [2.75, 3.05) is 16.2 Å². The first-order chi connectivity index (χ1) is 14.6. The highest BCUT2D eigenvalue weighted by Crippen LogP contribution is 2.29. The minimum atomic E-state index is -4.04. The number of anilines is 2. The van der Waals surface area contributed by atoms with Gasteiger partial charge in [-0.3, -0.25) is 9.10 Å². The van der Waals surface area contributed by atoms with Gasteiger partial charge in [0.25, 0.3) is 10.0 Å². The summed E-state index contributed by atoms with van der Waals surface area (Å²) in [6.07, 6.45) is 0. The smallest absolute Gasteiger partial charge is 0.264 e. The van der Waals surface area contributed by atoms with Crippen molar-refractivity contribution in [2.45, 2.75) is 25.7 Å². The molecular weight excluding hydrogens is 483 g/mol. The van der Waals surface area contributed by atoms with Crippen molar-refractivity contribution in [1.29, 1.82) is 0 Å². The molecule has 1 N–H and O–H groups in total. The molecule has 1 amide bonds. The third-order valence-corrected chi connectivity index (χ3v) is 7.21. The first kappa shape index (κ1) is 23.0. The second kappa shape index (κ2) is 9.20. The van der Waals surface area contributed by atoms with Gasteiger partial charge in [-0.05, 0) is 68.3 Å². The van der Waals surface area contributed by atoms with E-state index in [-0.39, 0.29) is 10.6 Å². The van der Waals surface area contributed by atoms with Crippen LogP contribution in [0.4, 0.5) is 15.8 Å². The topological polar surface area (TPSA) is 66.5 Å². The second-order valence-electron chi connectivity index (χ2n) is 7.22. The van der Waals surface area contributed by atoms with Gasteiger partial charge < -0.3 is 5.32 Å². The highest BCUT2D eigenvalue weighted by molar-refractivity contribution is 9.10. The number of benzene rings is 3. The normalized spacial score (nSPS) is 11.3. The number of rotatable bonds is 6. The predicted octanol–water partition coefficient (Wildman–Crippen LogP) is 5.35. The zero-order valence-electron chi connectivity index (χ0n) is 17.3. The van der Waals surface area contributed by atoms with Crippen LogP contribution in [0, 0.1) is 26.6 Å². The van der Waals surface area contributed by atoms with E-state index in [2.05, 4.69) is 21.2 Å². The van der Waals surface area contributed by atoms with Crippen LogP contribution < -0.4 is 9.62 Å². The van der Waals surface area contributed by atoms with Gasteiger partial charge in [-0.1, -0.05) is 45.8 Å². The molecule has 0 aromatic heterocycles. The van der Waals surface area contributed by atoms with E-state index < -0.39 is 28.3 Å². The summed E-state index contributed by atoms with van der Waals surface area (Å²) in [7, 11) is -4.04. The van der Waals surface area contributed by atoms with Crippen LogP contribution in [0.2, 0.25) is 0 Å². The van der Waals surface area contributed by atoms with Crippen molar-refractivity contribution in [3.8, 4) is 0 Å². The van der Waals surface area contributed by atoms with Gasteiger partial charge in [-0.15, -0.1) is 0 Å². The summed E-state index contributed by atoms with van der Waals surface area (Å²) in [6, 6.07) is 15.9. The van der Waals surface area contributed by atoms with Crippen LogP contribution in [0.25, 0.3) is 0 Å². The molecule has 0 spiro atoms. The number of sulfonamides is 1. The Hall–Kier alpha value is -2.71. The average Bonchev–Trinajstić information content (AvgIpc) is 2.71. The highest BCUT2D eigenvalue weighted by atomic mass is 79.9. The van der Waals surface area contributed by atoms with Gasteiger partial charge in [-0.2, -0.15) is 0 Å². The molecule has 8 heteroatoms. The third kappa shape index (κ3) is 5.14. The van der Waals surface area contributed by atoms with Gasteiger partial charge in [0.1, 0.15) is 12.4 Å². The van der Waals surface area contributed by atoms with Crippen molar-refractivity contribution in [3.63, 3.8) is 0 Å². The number of hydrogen-bond donors (Lipinski definition) is 1. The zero-order chi connectivity index (χ0) is 22.8. The van der Waals surface area contributed by atoms with E-state index in [9.17, 15) is 17.6 Å². The average molecular weight is 505 g/mol. The SMILES string of the molecule is Cc1ccc(S(=O)(=O)N(CC(=O)Nc2ccc(Br)cc2F)c2cccc(C)c2C)cc1. The lowest BCUT2D eigenvalue weighted by Gasteiger charge is -2.26. The molecule has 0 radical (unpaired) electrons. The Kier molecular flexibility index (Phi) is 6.81. The summed E-state index contributed by atoms with van der Waals surface area (Å²) < 4.78 is 42.7. The van der Waals surface area contributed by atoms with E-state index in [4.69, 9.17) is 0 Å². The van der Waals surface area contributed by atoms with E-state index >= 15 is 0 Å². The second-order valence-corrected chi connectivity index (χ2v) is 9.99. The molecule has 0 aliphatic rings. The fourth-order valence-electron chi connectivity index (χ4n) is 3.05. The summed E-state index contributed by atoms with van der Waals surface area (Å²) in [5.74, 6) is -1.28. The number of hydrogen-bond acceptors (Lipinski definition) is 3. The van der Waals surface area contributed by atoms with E-state index in [0.29, 0.717) is 10.2 Å². The highest BCUT2D eigenvalue weighted by Gasteiger charge is 2.28. The first-order valence-electron chi connectivity index (χ1n) is 9.50. The van der Waals surface area contributed by atoms with Crippen molar-refractivity contribution < 1.29 is 17.6 Å². The van der Waals surface area contributed by atoms with E-state index in [1.807, 2.05) is 19.9 Å². The maximum Gasteiger partial charge on any atom is 0.264 e. The van der Waals surface area contributed by atoms with Crippen LogP contribution in [0.1, 0.15) is 16.7 Å². The van der Waals surface area contributed by atoms with E-state index in [0.717, 1.165) is 21.0 Å². The Morgan fingerprint density at radius 2 is 1.71 bits per heavy atom. The Labute approximate surface area is 190 Å². The Morgan fingerprint density at radius 3 is 2.35 bits per heavy atom. The summed E-state index contributed by atoms with van der Waals surface area (Å²) in [6.45, 7) is 5.02. The van der Waals surface area contributed by atoms with Crippen LogP contribution in [-0.2, 0) is 14.8 Å². The lowest BCUT2D eigenvalue weighted by Crippen LogP contribution is -2.38. The summed E-state index contributed by atoms with van der Waals surface area (Å²) >= 11 is 3.16. The molecule has 0 unspecified atom stereocenters. The van der Waals surface area contributed by atoms with Gasteiger partial charge in [-0.25, -0.2) is 12.8 Å². The van der Waals surface area contributed by atoms with Gasteiger partial charge in [0.15, 0.2) is 0 Å². The lowest BCUT2D eigenvalue weighted by molar-refractivity contribution is -0.114. The maximum absolute atomic E-state index is 14.1. The number of nitrogens with one attached hydrogen (secondary N) is 1. The minimum Gasteiger partial charge on any atom is -0.322 e. The summed E-state index contributed by atoms with van der Waals surface area (Å²) in [4.78, 5) is 12.8. The molecule has 0 aliphatic heterocycles. The van der Waals surface area contributed by atoms with Crippen LogP contribution in [0.3, 0.4) is 0 Å². The Bertz CT molecular complexity index is 1230. The third-order valence-electron chi connectivity index (χ3n) is 4.95. The molecule has 3 aromatic rings. The molecule has 0 atom stereocenters. The molecular formula is C23H22BrFN2O3S. The molecule has 0 saturated heterocycles. The Balaban J connectivity index is 2.00. The molecule has 0 saturated carbocycles. The van der Waals surface area contributed by atoms with Gasteiger partial charge >= 0.3 is 0 Å². The molecule has 5 nitrogen and oxygen atoms in total. The number of halogens is 2. The zero-order valence-corrected chi connectivity index (χ0v) is 19.7. The molecule has 0 aliphatic carbocycles. The molecule has 31 heavy (non-hydrogen) atoms. The largest absolute Gasteiger partial charge is 0.322 e. The van der Waals surface area contributed by atoms with Crippen molar-refractivity contribution in [1.82, 2.24) is 0 Å². The maximum atomic E-state index is 14.1. The standard InChI is InChI=1S/C23H22BrFN2O3S/c1-15-7-10-19(11-8-15)31(29,30)27(22-6-4-5-16(2)17(22)3)14-23(28)26-21-12-9-18(24)13-20(21)25/h4-13H,14H2,1-3H3,(H,26,28). The molecule has 0 bridgehead atoms. The quantitative estimate of drug-likeness (QED) is 0.492. The molecule has 0 fully saturated rings. The van der Waals surface area contributed by atoms with Crippen LogP contribution in [0.15, 0.2) is 70.0 Å².